The van der Waals surface area contributed by atoms with Gasteiger partial charge in [-0.25, -0.2) is 0 Å². The number of aliphatic hydroxyl groups excluding tert-OH is 1. The maximum absolute atomic E-state index is 11.1. The highest BCUT2D eigenvalue weighted by molar-refractivity contribution is 7.52. The number of hydrogen-bond acceptors (Lipinski definition) is 2. The molecule has 0 bridgehead atoms. The van der Waals surface area contributed by atoms with E-state index in [9.17, 15) is 9.67 Å². The molecular weight excluding hydrogens is 359 g/mol. The second kappa shape index (κ2) is 16.9. The van der Waals surface area contributed by atoms with Gasteiger partial charge in [-0.15, -0.1) is 0 Å². The summed E-state index contributed by atoms with van der Waals surface area (Å²) in [7, 11) is -4.41. The lowest BCUT2D eigenvalue weighted by molar-refractivity contribution is 0.138. The Bertz CT molecular complexity index is 541. The summed E-state index contributed by atoms with van der Waals surface area (Å²) in [4.78, 5) is 18.1. The maximum Gasteiger partial charge on any atom is 0.354 e. The predicted octanol–water partition coefficient (Wildman–Crippen LogP) is 6.04. The molecule has 3 N–H and O–H groups in total. The molecule has 0 aliphatic heterocycles. The van der Waals surface area contributed by atoms with Crippen molar-refractivity contribution in [3.8, 4) is 0 Å². The van der Waals surface area contributed by atoms with Crippen LogP contribution in [0, 0.1) is 5.92 Å². The minimum atomic E-state index is -4.41. The van der Waals surface area contributed by atoms with Gasteiger partial charge in [-0.2, -0.15) is 0 Å². The van der Waals surface area contributed by atoms with Gasteiger partial charge >= 0.3 is 7.60 Å². The summed E-state index contributed by atoms with van der Waals surface area (Å²) >= 11 is 0. The van der Waals surface area contributed by atoms with Crippen LogP contribution in [0.15, 0.2) is 60.8 Å². The fourth-order valence-corrected chi connectivity index (χ4v) is 3.43. The Morgan fingerprint density at radius 2 is 1.15 bits per heavy atom. The van der Waals surface area contributed by atoms with Crippen LogP contribution in [0.25, 0.3) is 0 Å². The first kappa shape index (κ1) is 25.8. The summed E-state index contributed by atoms with van der Waals surface area (Å²) in [5, 5.41) is 9.66. The molecule has 0 saturated heterocycles. The molecule has 0 spiro atoms. The molecule has 0 amide bonds. The van der Waals surface area contributed by atoms with Crippen molar-refractivity contribution in [1.82, 2.24) is 0 Å². The average Bonchev–Trinajstić information content (AvgIpc) is 2.63. The van der Waals surface area contributed by atoms with Crippen molar-refractivity contribution in [2.24, 2.45) is 5.92 Å². The van der Waals surface area contributed by atoms with Gasteiger partial charge in [0.15, 0.2) is 5.85 Å². The van der Waals surface area contributed by atoms with E-state index in [4.69, 9.17) is 9.79 Å². The standard InChI is InChI=1S/C22H37O4P/c1-3-5-6-7-8-9-10-11-12-13-14-15-16-17-18-19-20-21(4-2)22(23)27(24,25)26/h5-6,8-9,11-12,14-15,17-18,21-23H,3-4,7,10,13,16,19-20H2,1-2H3,(H2,24,25,26)/b6-5+,9-8+,12-11+,15-14+,18-17+. The van der Waals surface area contributed by atoms with Gasteiger partial charge in [-0.3, -0.25) is 4.57 Å². The van der Waals surface area contributed by atoms with Gasteiger partial charge in [0, 0.05) is 0 Å². The average molecular weight is 397 g/mol. The van der Waals surface area contributed by atoms with Crippen LogP contribution in [0.2, 0.25) is 0 Å². The maximum atomic E-state index is 11.1. The Hall–Kier alpha value is -1.19. The first-order valence-corrected chi connectivity index (χ1v) is 11.6. The largest absolute Gasteiger partial charge is 0.380 e. The Morgan fingerprint density at radius 3 is 1.52 bits per heavy atom. The van der Waals surface area contributed by atoms with E-state index in [1.54, 1.807) is 0 Å². The minimum Gasteiger partial charge on any atom is -0.380 e. The lowest BCUT2D eigenvalue weighted by Gasteiger charge is -2.21. The van der Waals surface area contributed by atoms with Gasteiger partial charge in [0.1, 0.15) is 0 Å². The molecule has 4 nitrogen and oxygen atoms in total. The molecule has 0 fully saturated rings. The Balaban J connectivity index is 3.83. The van der Waals surface area contributed by atoms with Crippen molar-refractivity contribution in [3.05, 3.63) is 60.8 Å². The van der Waals surface area contributed by atoms with E-state index >= 15 is 0 Å². The lowest BCUT2D eigenvalue weighted by atomic mass is 10.0. The molecule has 0 aromatic rings. The quantitative estimate of drug-likeness (QED) is 0.233. The summed E-state index contributed by atoms with van der Waals surface area (Å²) in [5.74, 6) is -1.92. The van der Waals surface area contributed by atoms with Crippen molar-refractivity contribution in [1.29, 1.82) is 0 Å². The molecule has 0 saturated carbocycles. The lowest BCUT2D eigenvalue weighted by Crippen LogP contribution is -2.19. The minimum absolute atomic E-state index is 0.368. The summed E-state index contributed by atoms with van der Waals surface area (Å²) in [6.07, 6.45) is 28.0. The van der Waals surface area contributed by atoms with Gasteiger partial charge in [-0.1, -0.05) is 81.0 Å². The van der Waals surface area contributed by atoms with Crippen LogP contribution < -0.4 is 0 Å². The molecule has 0 aromatic heterocycles. The number of hydrogen-bond donors (Lipinski definition) is 3. The zero-order valence-electron chi connectivity index (χ0n) is 16.8. The van der Waals surface area contributed by atoms with Gasteiger partial charge in [0.2, 0.25) is 0 Å². The summed E-state index contributed by atoms with van der Waals surface area (Å²) in [6, 6.07) is 0. The molecule has 2 unspecified atom stereocenters. The fourth-order valence-electron chi connectivity index (χ4n) is 2.52. The van der Waals surface area contributed by atoms with E-state index in [0.717, 1.165) is 32.1 Å². The molecule has 0 radical (unpaired) electrons. The zero-order valence-corrected chi connectivity index (χ0v) is 17.7. The van der Waals surface area contributed by atoms with Crippen LogP contribution in [0.5, 0.6) is 0 Å². The monoisotopic (exact) mass is 396 g/mol. The van der Waals surface area contributed by atoms with E-state index < -0.39 is 13.4 Å². The van der Waals surface area contributed by atoms with Gasteiger partial charge in [0.25, 0.3) is 0 Å². The number of rotatable bonds is 15. The van der Waals surface area contributed by atoms with Crippen LogP contribution in [-0.4, -0.2) is 20.7 Å². The van der Waals surface area contributed by atoms with Crippen molar-refractivity contribution in [2.75, 3.05) is 0 Å². The van der Waals surface area contributed by atoms with Crippen molar-refractivity contribution in [3.63, 3.8) is 0 Å². The van der Waals surface area contributed by atoms with E-state index in [1.807, 2.05) is 19.1 Å². The van der Waals surface area contributed by atoms with E-state index in [2.05, 4.69) is 55.5 Å². The third-order valence-corrected chi connectivity index (χ3v) is 5.26. The molecule has 0 aromatic carbocycles. The Kier molecular flexibility index (Phi) is 16.2. The highest BCUT2D eigenvalue weighted by Gasteiger charge is 2.32. The normalized spacial score (nSPS) is 15.9. The Morgan fingerprint density at radius 1 is 0.741 bits per heavy atom. The van der Waals surface area contributed by atoms with E-state index in [-0.39, 0.29) is 5.92 Å². The SMILES string of the molecule is CC/C=C/C/C=C/C/C=C/C/C=C/C/C=C/CCC(CC)C(O)P(=O)(O)O. The van der Waals surface area contributed by atoms with Gasteiger partial charge in [-0.05, 0) is 50.9 Å². The third kappa shape index (κ3) is 15.6. The number of aliphatic hydroxyl groups is 1. The third-order valence-electron chi connectivity index (χ3n) is 4.15. The van der Waals surface area contributed by atoms with Gasteiger partial charge in [0.05, 0.1) is 0 Å². The molecular formula is C22H37O4P. The van der Waals surface area contributed by atoms with Crippen molar-refractivity contribution < 1.29 is 19.5 Å². The molecule has 0 rings (SSSR count). The highest BCUT2D eigenvalue weighted by atomic mass is 31.2. The summed E-state index contributed by atoms with van der Waals surface area (Å²) in [6.45, 7) is 3.97. The Labute approximate surface area is 165 Å². The van der Waals surface area contributed by atoms with Crippen LogP contribution in [0.3, 0.4) is 0 Å². The molecule has 0 aliphatic rings. The fraction of sp³-hybridized carbons (Fsp3) is 0.545. The van der Waals surface area contributed by atoms with E-state index in [1.165, 1.54) is 0 Å². The van der Waals surface area contributed by atoms with Crippen molar-refractivity contribution in [2.45, 2.75) is 71.1 Å². The van der Waals surface area contributed by atoms with E-state index in [0.29, 0.717) is 19.3 Å². The van der Waals surface area contributed by atoms with Gasteiger partial charge < -0.3 is 14.9 Å². The molecule has 27 heavy (non-hydrogen) atoms. The molecule has 5 heteroatoms. The second-order valence-corrected chi connectivity index (χ2v) is 8.16. The summed E-state index contributed by atoms with van der Waals surface area (Å²) < 4.78 is 11.1. The van der Waals surface area contributed by atoms with Crippen LogP contribution in [-0.2, 0) is 4.57 Å². The first-order chi connectivity index (χ1) is 12.9. The molecule has 154 valence electrons. The topological polar surface area (TPSA) is 77.8 Å². The predicted molar refractivity (Wildman–Crippen MR) is 116 cm³/mol. The molecule has 0 heterocycles. The molecule has 0 aliphatic carbocycles. The summed E-state index contributed by atoms with van der Waals surface area (Å²) in [5.41, 5.74) is 0. The van der Waals surface area contributed by atoms with Crippen LogP contribution in [0.4, 0.5) is 0 Å². The van der Waals surface area contributed by atoms with Crippen molar-refractivity contribution >= 4 is 7.60 Å². The first-order valence-electron chi connectivity index (χ1n) is 9.91. The zero-order chi connectivity index (χ0) is 20.4. The molecule has 2 atom stereocenters. The highest BCUT2D eigenvalue weighted by Crippen LogP contribution is 2.45. The van der Waals surface area contributed by atoms with Crippen LogP contribution in [0.1, 0.15) is 65.2 Å². The number of allylic oxidation sites excluding steroid dienone is 10. The van der Waals surface area contributed by atoms with Crippen LogP contribution >= 0.6 is 7.60 Å². The smallest absolute Gasteiger partial charge is 0.354 e. The second-order valence-electron chi connectivity index (χ2n) is 6.46.